The van der Waals surface area contributed by atoms with E-state index in [1.165, 1.54) is 5.48 Å². The number of para-hydroxylation sites is 1. The number of hydroxylamine groups is 1. The van der Waals surface area contributed by atoms with E-state index in [1.807, 2.05) is 18.2 Å². The van der Waals surface area contributed by atoms with E-state index >= 15 is 0 Å². The van der Waals surface area contributed by atoms with Crippen LogP contribution in [0.3, 0.4) is 0 Å². The third-order valence-electron chi connectivity index (χ3n) is 3.39. The fourth-order valence-corrected chi connectivity index (χ4v) is 2.11. The van der Waals surface area contributed by atoms with Gasteiger partial charge in [-0.05, 0) is 23.8 Å². The number of hydrogen-bond donors (Lipinski definition) is 5. The fraction of sp³-hybridized carbons (Fsp3) is 0.125. The van der Waals surface area contributed by atoms with E-state index < -0.39 is 17.9 Å². The van der Waals surface area contributed by atoms with Crippen molar-refractivity contribution in [2.75, 3.05) is 12.3 Å². The van der Waals surface area contributed by atoms with E-state index in [2.05, 4.69) is 5.32 Å². The summed E-state index contributed by atoms with van der Waals surface area (Å²) in [5.74, 6) is -1.23. The van der Waals surface area contributed by atoms with Crippen LogP contribution in [0.2, 0.25) is 0 Å². The highest BCUT2D eigenvalue weighted by Gasteiger charge is 2.19. The van der Waals surface area contributed by atoms with E-state index in [1.54, 1.807) is 30.3 Å². The minimum atomic E-state index is -1.00. The van der Waals surface area contributed by atoms with Crippen LogP contribution < -0.4 is 22.3 Å². The summed E-state index contributed by atoms with van der Waals surface area (Å²) in [4.78, 5) is 23.4. The van der Waals surface area contributed by atoms with E-state index in [4.69, 9.17) is 16.7 Å². The maximum atomic E-state index is 12.1. The number of nitrogens with two attached hydrogens (primary N) is 2. The first-order chi connectivity index (χ1) is 11.1. The van der Waals surface area contributed by atoms with E-state index in [0.717, 1.165) is 11.1 Å². The smallest absolute Gasteiger partial charge is 0.267 e. The second-order valence-electron chi connectivity index (χ2n) is 4.90. The molecule has 0 aliphatic rings. The van der Waals surface area contributed by atoms with Crippen molar-refractivity contribution in [3.63, 3.8) is 0 Å². The number of hydrogen-bond acceptors (Lipinski definition) is 5. The van der Waals surface area contributed by atoms with Crippen molar-refractivity contribution in [3.05, 3.63) is 54.1 Å². The molecule has 2 aromatic carbocycles. The van der Waals surface area contributed by atoms with Crippen molar-refractivity contribution in [3.8, 4) is 11.1 Å². The Morgan fingerprint density at radius 1 is 1.09 bits per heavy atom. The highest BCUT2D eigenvalue weighted by Crippen LogP contribution is 2.25. The van der Waals surface area contributed by atoms with Gasteiger partial charge in [0.05, 0.1) is 0 Å². The summed E-state index contributed by atoms with van der Waals surface area (Å²) in [6.45, 7) is -0.128. The molecule has 0 saturated carbocycles. The number of carbonyl (C=O) groups excluding carboxylic acids is 2. The van der Waals surface area contributed by atoms with E-state index in [9.17, 15) is 9.59 Å². The third-order valence-corrected chi connectivity index (χ3v) is 3.39. The van der Waals surface area contributed by atoms with Gasteiger partial charge in [0.15, 0.2) is 0 Å². The fourth-order valence-electron chi connectivity index (χ4n) is 2.11. The predicted molar refractivity (Wildman–Crippen MR) is 86.5 cm³/mol. The highest BCUT2D eigenvalue weighted by molar-refractivity contribution is 5.98. The lowest BCUT2D eigenvalue weighted by Crippen LogP contribution is -2.50. The van der Waals surface area contributed by atoms with Crippen LogP contribution in [0.5, 0.6) is 0 Å². The van der Waals surface area contributed by atoms with Crippen molar-refractivity contribution in [1.82, 2.24) is 10.8 Å². The van der Waals surface area contributed by atoms with Crippen LogP contribution in [-0.4, -0.2) is 29.6 Å². The summed E-state index contributed by atoms with van der Waals surface area (Å²) in [6.07, 6.45) is 0. The summed E-state index contributed by atoms with van der Waals surface area (Å²) in [7, 11) is 0. The number of anilines is 1. The largest absolute Gasteiger partial charge is 0.398 e. The number of nitrogens with one attached hydrogen (secondary N) is 2. The minimum absolute atomic E-state index is 0.128. The summed E-state index contributed by atoms with van der Waals surface area (Å²) in [5.41, 5.74) is 15.5. The number of rotatable bonds is 5. The molecule has 0 unspecified atom stereocenters. The van der Waals surface area contributed by atoms with Gasteiger partial charge in [0.2, 0.25) is 0 Å². The Hall–Kier alpha value is -2.90. The highest BCUT2D eigenvalue weighted by atomic mass is 16.5. The normalized spacial score (nSPS) is 11.6. The van der Waals surface area contributed by atoms with Gasteiger partial charge in [0.25, 0.3) is 11.8 Å². The van der Waals surface area contributed by atoms with Crippen LogP contribution in [0.25, 0.3) is 11.1 Å². The molecule has 0 aromatic heterocycles. The van der Waals surface area contributed by atoms with Gasteiger partial charge >= 0.3 is 0 Å². The summed E-state index contributed by atoms with van der Waals surface area (Å²) in [5, 5.41) is 11.0. The maximum Gasteiger partial charge on any atom is 0.267 e. The van der Waals surface area contributed by atoms with Gasteiger partial charge in [0, 0.05) is 23.4 Å². The van der Waals surface area contributed by atoms with Crippen LogP contribution in [0.15, 0.2) is 48.5 Å². The summed E-state index contributed by atoms with van der Waals surface area (Å²) >= 11 is 0. The molecule has 1 atom stereocenters. The average Bonchev–Trinajstić information content (AvgIpc) is 2.59. The van der Waals surface area contributed by atoms with Crippen LogP contribution in [0.1, 0.15) is 10.4 Å². The number of amides is 2. The van der Waals surface area contributed by atoms with Gasteiger partial charge in [-0.1, -0.05) is 30.3 Å². The van der Waals surface area contributed by atoms with Gasteiger partial charge in [0.1, 0.15) is 6.04 Å². The first-order valence-corrected chi connectivity index (χ1v) is 6.96. The zero-order valence-corrected chi connectivity index (χ0v) is 12.3. The van der Waals surface area contributed by atoms with Crippen molar-refractivity contribution in [2.45, 2.75) is 6.04 Å². The van der Waals surface area contributed by atoms with Crippen molar-refractivity contribution < 1.29 is 14.8 Å². The first kappa shape index (κ1) is 16.5. The first-order valence-electron chi connectivity index (χ1n) is 6.96. The quantitative estimate of drug-likeness (QED) is 0.311. The Bertz CT molecular complexity index is 701. The zero-order valence-electron chi connectivity index (χ0n) is 12.3. The second-order valence-corrected chi connectivity index (χ2v) is 4.90. The van der Waals surface area contributed by atoms with E-state index in [0.29, 0.717) is 11.3 Å². The van der Waals surface area contributed by atoms with Crippen LogP contribution >= 0.6 is 0 Å². The van der Waals surface area contributed by atoms with Gasteiger partial charge in [-0.3, -0.25) is 14.8 Å². The number of carbonyl (C=O) groups is 2. The molecule has 2 amide bonds. The molecular formula is C16H18N4O3. The minimum Gasteiger partial charge on any atom is -0.398 e. The molecule has 2 aromatic rings. The molecule has 7 N–H and O–H groups in total. The Morgan fingerprint density at radius 3 is 2.30 bits per heavy atom. The third kappa shape index (κ3) is 3.85. The van der Waals surface area contributed by atoms with Crippen LogP contribution in [0.4, 0.5) is 5.69 Å². The zero-order chi connectivity index (χ0) is 16.8. The molecule has 7 nitrogen and oxygen atoms in total. The Kier molecular flexibility index (Phi) is 5.29. The molecule has 0 heterocycles. The molecule has 2 rings (SSSR count). The Morgan fingerprint density at radius 2 is 1.74 bits per heavy atom. The molecule has 7 heteroatoms. The molecule has 0 fully saturated rings. The van der Waals surface area contributed by atoms with Gasteiger partial charge in [-0.15, -0.1) is 0 Å². The topological polar surface area (TPSA) is 130 Å². The lowest BCUT2D eigenvalue weighted by atomic mass is 10.0. The standard InChI is InChI=1S/C16H18N4O3/c17-9-14(16(22)20-23)19-15(21)11-7-5-10(6-8-11)12-3-1-2-4-13(12)18/h1-8,14,23H,9,17-18H2,(H,19,21)(H,20,22)/t14-/m0/s1. The maximum absolute atomic E-state index is 12.1. The lowest BCUT2D eigenvalue weighted by Gasteiger charge is -2.14. The molecule has 0 aliphatic carbocycles. The summed E-state index contributed by atoms with van der Waals surface area (Å²) in [6, 6.07) is 13.2. The molecule has 0 saturated heterocycles. The molecular weight excluding hydrogens is 296 g/mol. The summed E-state index contributed by atoms with van der Waals surface area (Å²) < 4.78 is 0. The number of nitrogen functional groups attached to an aromatic ring is 1. The molecule has 0 radical (unpaired) electrons. The average molecular weight is 314 g/mol. The second kappa shape index (κ2) is 7.39. The number of benzene rings is 2. The molecule has 0 bridgehead atoms. The van der Waals surface area contributed by atoms with Gasteiger partial charge in [-0.25, -0.2) is 5.48 Å². The SMILES string of the molecule is NC[C@H](NC(=O)c1ccc(-c2ccccc2N)cc1)C(=O)NO. The Balaban J connectivity index is 2.15. The van der Waals surface area contributed by atoms with Crippen molar-refractivity contribution in [2.24, 2.45) is 5.73 Å². The van der Waals surface area contributed by atoms with E-state index in [-0.39, 0.29) is 6.54 Å². The monoisotopic (exact) mass is 314 g/mol. The van der Waals surface area contributed by atoms with Crippen molar-refractivity contribution >= 4 is 17.5 Å². The molecule has 0 aliphatic heterocycles. The van der Waals surface area contributed by atoms with Gasteiger partial charge < -0.3 is 16.8 Å². The van der Waals surface area contributed by atoms with Crippen LogP contribution in [0, 0.1) is 0 Å². The van der Waals surface area contributed by atoms with Crippen LogP contribution in [-0.2, 0) is 4.79 Å². The molecule has 0 spiro atoms. The lowest BCUT2D eigenvalue weighted by molar-refractivity contribution is -0.130. The Labute approximate surface area is 133 Å². The predicted octanol–water partition coefficient (Wildman–Crippen LogP) is 0.498. The van der Waals surface area contributed by atoms with Gasteiger partial charge in [-0.2, -0.15) is 0 Å². The molecule has 120 valence electrons. The molecule has 23 heavy (non-hydrogen) atoms. The van der Waals surface area contributed by atoms with Crippen molar-refractivity contribution in [1.29, 1.82) is 0 Å².